The summed E-state index contributed by atoms with van der Waals surface area (Å²) in [6.45, 7) is 1.87. The summed E-state index contributed by atoms with van der Waals surface area (Å²) < 4.78 is 35.9. The molecule has 1 atom stereocenters. The van der Waals surface area contributed by atoms with E-state index in [9.17, 15) is 18.0 Å². The van der Waals surface area contributed by atoms with E-state index in [2.05, 4.69) is 21.2 Å². The molecule has 0 aliphatic rings. The van der Waals surface area contributed by atoms with Crippen molar-refractivity contribution in [1.29, 1.82) is 0 Å². The molecular formula is C34H36BrN3O5S2. The van der Waals surface area contributed by atoms with Crippen LogP contribution < -0.4 is 14.4 Å². The lowest BCUT2D eigenvalue weighted by Gasteiger charge is -2.33. The Balaban J connectivity index is 1.78. The van der Waals surface area contributed by atoms with E-state index in [1.807, 2.05) is 67.8 Å². The molecule has 0 aliphatic heterocycles. The van der Waals surface area contributed by atoms with Crippen molar-refractivity contribution in [3.63, 3.8) is 0 Å². The van der Waals surface area contributed by atoms with E-state index in [1.165, 1.54) is 35.8 Å². The summed E-state index contributed by atoms with van der Waals surface area (Å²) in [7, 11) is -2.67. The van der Waals surface area contributed by atoms with Crippen molar-refractivity contribution in [2.24, 2.45) is 0 Å². The monoisotopic (exact) mass is 709 g/mol. The van der Waals surface area contributed by atoms with E-state index >= 15 is 0 Å². The zero-order chi connectivity index (χ0) is 32.4. The number of amides is 2. The van der Waals surface area contributed by atoms with E-state index in [1.54, 1.807) is 36.4 Å². The molecule has 0 saturated heterocycles. The predicted molar refractivity (Wildman–Crippen MR) is 183 cm³/mol. The number of thioether (sulfide) groups is 1. The molecule has 2 amide bonds. The Hall–Kier alpha value is -3.80. The first-order chi connectivity index (χ1) is 21.7. The minimum atomic E-state index is -4.20. The topological polar surface area (TPSA) is 96.0 Å². The molecule has 0 radical (unpaired) electrons. The molecule has 1 N–H and O–H groups in total. The van der Waals surface area contributed by atoms with Gasteiger partial charge in [0.25, 0.3) is 10.0 Å². The number of likely N-dealkylation sites (N-methyl/N-ethyl adjacent to an activating group) is 1. The van der Waals surface area contributed by atoms with Crippen molar-refractivity contribution in [3.8, 4) is 5.75 Å². The van der Waals surface area contributed by atoms with Crippen molar-refractivity contribution in [3.05, 3.63) is 119 Å². The van der Waals surface area contributed by atoms with E-state index in [4.69, 9.17) is 4.74 Å². The van der Waals surface area contributed by atoms with Gasteiger partial charge in [0.15, 0.2) is 0 Å². The van der Waals surface area contributed by atoms with Crippen LogP contribution in [0.2, 0.25) is 0 Å². The second-order valence-electron chi connectivity index (χ2n) is 10.1. The van der Waals surface area contributed by atoms with Crippen LogP contribution in [0.5, 0.6) is 5.75 Å². The van der Waals surface area contributed by atoms with Gasteiger partial charge in [-0.15, -0.1) is 11.8 Å². The molecule has 8 nitrogen and oxygen atoms in total. The van der Waals surface area contributed by atoms with Crippen LogP contribution in [0.25, 0.3) is 0 Å². The van der Waals surface area contributed by atoms with Gasteiger partial charge in [-0.3, -0.25) is 13.9 Å². The highest BCUT2D eigenvalue weighted by atomic mass is 79.9. The van der Waals surface area contributed by atoms with Crippen LogP contribution in [0.15, 0.2) is 117 Å². The number of rotatable bonds is 14. The third-order valence-electron chi connectivity index (χ3n) is 7.12. The second-order valence-corrected chi connectivity index (χ2v) is 13.7. The van der Waals surface area contributed by atoms with Crippen LogP contribution in [0.4, 0.5) is 5.69 Å². The number of nitrogens with one attached hydrogen (secondary N) is 1. The average Bonchev–Trinajstić information content (AvgIpc) is 3.06. The Morgan fingerprint density at radius 2 is 1.58 bits per heavy atom. The Morgan fingerprint density at radius 3 is 2.18 bits per heavy atom. The van der Waals surface area contributed by atoms with Gasteiger partial charge in [0, 0.05) is 29.4 Å². The molecule has 0 aliphatic carbocycles. The molecule has 0 bridgehead atoms. The number of sulfonamides is 1. The maximum absolute atomic E-state index is 14.4. The third kappa shape index (κ3) is 8.90. The number of ether oxygens (including phenoxy) is 1. The standard InChI is InChI=1S/C34H36BrN3O5S2/c1-4-43-29-15-13-28(14-16-29)38(45(41,42)31-19-17-30(44-3)18-20-31)24-33(39)37(23-26-11-8-12-27(35)21-26)32(34(40)36-2)22-25-9-6-5-7-10-25/h5-21,32H,4,22-24H2,1-3H3,(H,36,40)/t32-/m0/s1. The Bertz CT molecular complexity index is 1690. The molecule has 4 rings (SSSR count). The van der Waals surface area contributed by atoms with E-state index in [0.29, 0.717) is 18.0 Å². The Morgan fingerprint density at radius 1 is 0.911 bits per heavy atom. The smallest absolute Gasteiger partial charge is 0.264 e. The van der Waals surface area contributed by atoms with Crippen LogP contribution in [-0.4, -0.2) is 57.6 Å². The quantitative estimate of drug-likeness (QED) is 0.158. The van der Waals surface area contributed by atoms with Gasteiger partial charge in [0.1, 0.15) is 18.3 Å². The summed E-state index contributed by atoms with van der Waals surface area (Å²) in [4.78, 5) is 30.2. The fraction of sp³-hybridized carbons (Fsp3) is 0.235. The first-order valence-electron chi connectivity index (χ1n) is 14.3. The van der Waals surface area contributed by atoms with Gasteiger partial charge < -0.3 is 15.0 Å². The van der Waals surface area contributed by atoms with Gasteiger partial charge in [-0.25, -0.2) is 8.42 Å². The highest BCUT2D eigenvalue weighted by Gasteiger charge is 2.34. The van der Waals surface area contributed by atoms with Gasteiger partial charge in [-0.2, -0.15) is 0 Å². The normalized spacial score (nSPS) is 11.8. The summed E-state index contributed by atoms with van der Waals surface area (Å²) in [5.74, 6) is -0.309. The van der Waals surface area contributed by atoms with Crippen LogP contribution in [-0.2, 0) is 32.6 Å². The number of nitrogens with zero attached hydrogens (tertiary/aromatic N) is 2. The predicted octanol–water partition coefficient (Wildman–Crippen LogP) is 6.15. The number of benzene rings is 4. The molecule has 4 aromatic rings. The van der Waals surface area contributed by atoms with E-state index < -0.39 is 28.5 Å². The van der Waals surface area contributed by atoms with Crippen molar-refractivity contribution < 1.29 is 22.7 Å². The van der Waals surface area contributed by atoms with Crippen LogP contribution in [0, 0.1) is 0 Å². The number of halogens is 1. The molecular weight excluding hydrogens is 674 g/mol. The molecule has 0 saturated carbocycles. The van der Waals surface area contributed by atoms with Gasteiger partial charge in [-0.1, -0.05) is 58.4 Å². The van der Waals surface area contributed by atoms with Crippen LogP contribution in [0.3, 0.4) is 0 Å². The number of carbonyl (C=O) groups excluding carboxylic acids is 2. The number of hydrogen-bond acceptors (Lipinski definition) is 6. The zero-order valence-corrected chi connectivity index (χ0v) is 28.6. The Kier molecular flexibility index (Phi) is 12.1. The van der Waals surface area contributed by atoms with Crippen molar-refractivity contribution in [2.45, 2.75) is 35.7 Å². The van der Waals surface area contributed by atoms with E-state index in [-0.39, 0.29) is 23.8 Å². The summed E-state index contributed by atoms with van der Waals surface area (Å²) >= 11 is 4.99. The van der Waals surface area contributed by atoms with Crippen LogP contribution in [0.1, 0.15) is 18.1 Å². The summed E-state index contributed by atoms with van der Waals surface area (Å²) in [5.41, 5.74) is 1.94. The fourth-order valence-corrected chi connectivity index (χ4v) is 7.10. The average molecular weight is 711 g/mol. The summed E-state index contributed by atoms with van der Waals surface area (Å²) in [6, 6.07) is 29.1. The van der Waals surface area contributed by atoms with Gasteiger partial charge in [-0.05, 0) is 85.0 Å². The second kappa shape index (κ2) is 16.0. The zero-order valence-electron chi connectivity index (χ0n) is 25.4. The minimum Gasteiger partial charge on any atom is -0.494 e. The van der Waals surface area contributed by atoms with Gasteiger partial charge >= 0.3 is 0 Å². The molecule has 4 aromatic carbocycles. The molecule has 45 heavy (non-hydrogen) atoms. The summed E-state index contributed by atoms with van der Waals surface area (Å²) in [6.07, 6.45) is 2.15. The Labute approximate surface area is 278 Å². The number of hydrogen-bond donors (Lipinski definition) is 1. The highest BCUT2D eigenvalue weighted by Crippen LogP contribution is 2.28. The lowest BCUT2D eigenvalue weighted by molar-refractivity contribution is -0.139. The number of anilines is 1. The molecule has 0 heterocycles. The minimum absolute atomic E-state index is 0.0488. The van der Waals surface area contributed by atoms with Crippen LogP contribution >= 0.6 is 27.7 Å². The summed E-state index contributed by atoms with van der Waals surface area (Å²) in [5, 5.41) is 2.70. The van der Waals surface area contributed by atoms with Gasteiger partial charge in [0.05, 0.1) is 17.2 Å². The molecule has 11 heteroatoms. The molecule has 236 valence electrons. The van der Waals surface area contributed by atoms with Crippen molar-refractivity contribution >= 4 is 55.2 Å². The maximum atomic E-state index is 14.4. The maximum Gasteiger partial charge on any atom is 0.264 e. The SMILES string of the molecule is CCOc1ccc(N(CC(=O)N(Cc2cccc(Br)c2)[C@@H](Cc2ccccc2)C(=O)NC)S(=O)(=O)c2ccc(SC)cc2)cc1. The lowest BCUT2D eigenvalue weighted by Crippen LogP contribution is -2.53. The highest BCUT2D eigenvalue weighted by molar-refractivity contribution is 9.10. The number of carbonyl (C=O) groups is 2. The molecule has 0 spiro atoms. The molecule has 0 fully saturated rings. The molecule has 0 unspecified atom stereocenters. The molecule has 0 aromatic heterocycles. The third-order valence-corrected chi connectivity index (χ3v) is 10.1. The first-order valence-corrected chi connectivity index (χ1v) is 17.8. The lowest BCUT2D eigenvalue weighted by atomic mass is 10.0. The van der Waals surface area contributed by atoms with E-state index in [0.717, 1.165) is 24.8 Å². The largest absolute Gasteiger partial charge is 0.494 e. The van der Waals surface area contributed by atoms with Crippen molar-refractivity contribution in [2.75, 3.05) is 30.8 Å². The first kappa shape index (κ1) is 34.1. The fourth-order valence-electron chi connectivity index (χ4n) is 4.83. The van der Waals surface area contributed by atoms with Gasteiger partial charge in [0.2, 0.25) is 11.8 Å². The van der Waals surface area contributed by atoms with Crippen molar-refractivity contribution in [1.82, 2.24) is 10.2 Å².